The fourth-order valence-corrected chi connectivity index (χ4v) is 3.13. The highest BCUT2D eigenvalue weighted by molar-refractivity contribution is 7.90. The van der Waals surface area contributed by atoms with Gasteiger partial charge in [0, 0.05) is 11.8 Å². The van der Waals surface area contributed by atoms with Crippen molar-refractivity contribution in [2.75, 3.05) is 18.6 Å². The zero-order valence-electron chi connectivity index (χ0n) is 11.6. The van der Waals surface area contributed by atoms with Gasteiger partial charge in [0.2, 0.25) is 0 Å². The van der Waals surface area contributed by atoms with Gasteiger partial charge in [-0.2, -0.15) is 0 Å². The van der Waals surface area contributed by atoms with E-state index in [9.17, 15) is 8.42 Å². The highest BCUT2D eigenvalue weighted by Gasteiger charge is 2.40. The normalized spacial score (nSPS) is 20.9. The first kappa shape index (κ1) is 14.3. The molecule has 4 nitrogen and oxygen atoms in total. The van der Waals surface area contributed by atoms with Crippen LogP contribution in [0.25, 0.3) is 0 Å². The number of nitrogens with one attached hydrogen (secondary N) is 1. The Morgan fingerprint density at radius 2 is 2.00 bits per heavy atom. The number of ether oxygens (including phenoxy) is 1. The first-order chi connectivity index (χ1) is 8.80. The van der Waals surface area contributed by atoms with Gasteiger partial charge >= 0.3 is 0 Å². The zero-order chi connectivity index (χ0) is 14.1. The van der Waals surface area contributed by atoms with E-state index >= 15 is 0 Å². The van der Waals surface area contributed by atoms with Crippen molar-refractivity contribution in [3.63, 3.8) is 0 Å². The standard InChI is InChI=1S/C14H21NO3S/c1-14(2)13(15-9-6-10-19(3,16)17)11-7-4-5-8-12(11)18-14/h4-5,7-8,13,15H,6,9-10H2,1-3H3. The van der Waals surface area contributed by atoms with Crippen molar-refractivity contribution < 1.29 is 13.2 Å². The molecule has 1 atom stereocenters. The van der Waals surface area contributed by atoms with Gasteiger partial charge in [-0.15, -0.1) is 0 Å². The number of hydrogen-bond acceptors (Lipinski definition) is 4. The van der Waals surface area contributed by atoms with E-state index in [0.29, 0.717) is 13.0 Å². The number of fused-ring (bicyclic) bond motifs is 1. The highest BCUT2D eigenvalue weighted by atomic mass is 32.2. The van der Waals surface area contributed by atoms with Gasteiger partial charge in [0.25, 0.3) is 0 Å². The van der Waals surface area contributed by atoms with Crippen molar-refractivity contribution in [2.24, 2.45) is 0 Å². The van der Waals surface area contributed by atoms with E-state index in [-0.39, 0.29) is 17.4 Å². The minimum absolute atomic E-state index is 0.100. The van der Waals surface area contributed by atoms with Crippen LogP contribution in [0.4, 0.5) is 0 Å². The molecule has 0 radical (unpaired) electrons. The quantitative estimate of drug-likeness (QED) is 0.839. The maximum absolute atomic E-state index is 11.1. The van der Waals surface area contributed by atoms with E-state index in [1.54, 1.807) is 0 Å². The molecule has 0 aromatic heterocycles. The second kappa shape index (κ2) is 5.13. The van der Waals surface area contributed by atoms with Crippen LogP contribution in [-0.2, 0) is 9.84 Å². The van der Waals surface area contributed by atoms with Crippen molar-refractivity contribution in [3.8, 4) is 5.75 Å². The molecular weight excluding hydrogens is 262 g/mol. The first-order valence-electron chi connectivity index (χ1n) is 6.49. The van der Waals surface area contributed by atoms with E-state index in [0.717, 1.165) is 11.3 Å². The summed E-state index contributed by atoms with van der Waals surface area (Å²) in [7, 11) is -2.88. The third-order valence-corrected chi connectivity index (χ3v) is 4.37. The van der Waals surface area contributed by atoms with E-state index in [4.69, 9.17) is 4.74 Å². The van der Waals surface area contributed by atoms with Crippen LogP contribution in [0.5, 0.6) is 5.75 Å². The van der Waals surface area contributed by atoms with Crippen LogP contribution < -0.4 is 10.1 Å². The number of sulfone groups is 1. The van der Waals surface area contributed by atoms with Gasteiger partial charge < -0.3 is 10.1 Å². The summed E-state index contributed by atoms with van der Waals surface area (Å²) in [6.45, 7) is 4.75. The second-order valence-corrected chi connectivity index (χ2v) is 7.87. The summed E-state index contributed by atoms with van der Waals surface area (Å²) in [6, 6.07) is 8.08. The topological polar surface area (TPSA) is 55.4 Å². The Morgan fingerprint density at radius 1 is 1.32 bits per heavy atom. The van der Waals surface area contributed by atoms with Gasteiger partial charge in [0.15, 0.2) is 0 Å². The molecule has 1 heterocycles. The summed E-state index contributed by atoms with van der Waals surface area (Å²) in [6.07, 6.45) is 1.89. The summed E-state index contributed by atoms with van der Waals surface area (Å²) in [5.74, 6) is 1.13. The SMILES string of the molecule is CC1(C)Oc2ccccc2C1NCCCS(C)(=O)=O. The molecule has 0 aliphatic carbocycles. The molecule has 0 saturated heterocycles. The Labute approximate surface area is 115 Å². The van der Waals surface area contributed by atoms with Gasteiger partial charge in [0.05, 0.1) is 11.8 Å². The Balaban J connectivity index is 1.99. The molecule has 106 valence electrons. The minimum atomic E-state index is -2.88. The fourth-order valence-electron chi connectivity index (χ4n) is 2.47. The largest absolute Gasteiger partial charge is 0.486 e. The third-order valence-electron chi connectivity index (χ3n) is 3.34. The number of rotatable bonds is 5. The molecule has 1 aromatic rings. The molecule has 0 fully saturated rings. The van der Waals surface area contributed by atoms with Crippen LogP contribution >= 0.6 is 0 Å². The second-order valence-electron chi connectivity index (χ2n) is 5.61. The molecule has 1 aliphatic heterocycles. The fraction of sp³-hybridized carbons (Fsp3) is 0.571. The number of benzene rings is 1. The van der Waals surface area contributed by atoms with Crippen LogP contribution in [0.15, 0.2) is 24.3 Å². The Kier molecular flexibility index (Phi) is 3.87. The van der Waals surface area contributed by atoms with Gasteiger partial charge in [-0.3, -0.25) is 0 Å². The van der Waals surface area contributed by atoms with E-state index in [1.165, 1.54) is 6.26 Å². The molecule has 0 amide bonds. The molecule has 19 heavy (non-hydrogen) atoms. The predicted molar refractivity (Wildman–Crippen MR) is 76.2 cm³/mol. The lowest BCUT2D eigenvalue weighted by molar-refractivity contribution is 0.0967. The molecule has 1 aromatic carbocycles. The first-order valence-corrected chi connectivity index (χ1v) is 8.55. The summed E-state index contributed by atoms with van der Waals surface area (Å²) in [4.78, 5) is 0. The Bertz CT molecular complexity index is 552. The highest BCUT2D eigenvalue weighted by Crippen LogP contribution is 2.42. The number of hydrogen-bond donors (Lipinski definition) is 1. The molecule has 5 heteroatoms. The van der Waals surface area contributed by atoms with E-state index in [1.807, 2.05) is 32.0 Å². The lowest BCUT2D eigenvalue weighted by Crippen LogP contribution is -2.39. The Morgan fingerprint density at radius 3 is 2.68 bits per heavy atom. The molecule has 1 N–H and O–H groups in total. The molecule has 1 aliphatic rings. The van der Waals surface area contributed by atoms with Crippen molar-refractivity contribution in [2.45, 2.75) is 31.9 Å². The minimum Gasteiger partial charge on any atom is -0.486 e. The lowest BCUT2D eigenvalue weighted by Gasteiger charge is -2.27. The smallest absolute Gasteiger partial charge is 0.147 e. The van der Waals surface area contributed by atoms with E-state index < -0.39 is 9.84 Å². The number of para-hydroxylation sites is 1. The van der Waals surface area contributed by atoms with Crippen molar-refractivity contribution in [1.29, 1.82) is 0 Å². The summed E-state index contributed by atoms with van der Waals surface area (Å²) in [5, 5.41) is 3.41. The lowest BCUT2D eigenvalue weighted by atomic mass is 9.94. The predicted octanol–water partition coefficient (Wildman–Crippen LogP) is 1.92. The molecular formula is C14H21NO3S. The van der Waals surface area contributed by atoms with Gasteiger partial charge in [0.1, 0.15) is 21.2 Å². The van der Waals surface area contributed by atoms with Crippen molar-refractivity contribution >= 4 is 9.84 Å². The van der Waals surface area contributed by atoms with Crippen molar-refractivity contribution in [3.05, 3.63) is 29.8 Å². The molecule has 1 unspecified atom stereocenters. The van der Waals surface area contributed by atoms with E-state index in [2.05, 4.69) is 11.4 Å². The van der Waals surface area contributed by atoms with Gasteiger partial charge in [-0.1, -0.05) is 18.2 Å². The Hall–Kier alpha value is -1.07. The van der Waals surface area contributed by atoms with Crippen molar-refractivity contribution in [1.82, 2.24) is 5.32 Å². The summed E-state index contributed by atoms with van der Waals surface area (Å²) >= 11 is 0. The van der Waals surface area contributed by atoms with Crippen LogP contribution in [0.3, 0.4) is 0 Å². The summed E-state index contributed by atoms with van der Waals surface area (Å²) < 4.78 is 28.1. The van der Waals surface area contributed by atoms with Crippen LogP contribution in [0.2, 0.25) is 0 Å². The molecule has 0 bridgehead atoms. The average molecular weight is 283 g/mol. The molecule has 0 spiro atoms. The summed E-state index contributed by atoms with van der Waals surface area (Å²) in [5.41, 5.74) is 0.834. The monoisotopic (exact) mass is 283 g/mol. The maximum Gasteiger partial charge on any atom is 0.147 e. The van der Waals surface area contributed by atoms with Gasteiger partial charge in [-0.25, -0.2) is 8.42 Å². The third kappa shape index (κ3) is 3.48. The average Bonchev–Trinajstić information content (AvgIpc) is 2.53. The molecule has 0 saturated carbocycles. The van der Waals surface area contributed by atoms with Gasteiger partial charge in [-0.05, 0) is 32.9 Å². The molecule has 2 rings (SSSR count). The van der Waals surface area contributed by atoms with Crippen LogP contribution in [-0.4, -0.2) is 32.6 Å². The van der Waals surface area contributed by atoms with Crippen LogP contribution in [0, 0.1) is 0 Å². The van der Waals surface area contributed by atoms with Crippen LogP contribution in [0.1, 0.15) is 31.9 Å². The zero-order valence-corrected chi connectivity index (χ0v) is 12.5. The maximum atomic E-state index is 11.1.